The summed E-state index contributed by atoms with van der Waals surface area (Å²) in [6.07, 6.45) is 3.13. The maximum atomic E-state index is 11.9. The molecule has 0 spiro atoms. The molecule has 0 saturated carbocycles. The Balaban J connectivity index is 1.72. The normalized spacial score (nSPS) is 19.4. The Hall–Kier alpha value is -1.33. The van der Waals surface area contributed by atoms with Crippen molar-refractivity contribution in [2.24, 2.45) is 0 Å². The van der Waals surface area contributed by atoms with Crippen LogP contribution in [0.1, 0.15) is 19.3 Å². The molecule has 20 heavy (non-hydrogen) atoms. The number of hydrogen-bond donors (Lipinski definition) is 1. The van der Waals surface area contributed by atoms with Gasteiger partial charge in [-0.1, -0.05) is 48.5 Å². The van der Waals surface area contributed by atoms with Gasteiger partial charge in [0.2, 0.25) is 5.91 Å². The molecule has 1 atom stereocenters. The van der Waals surface area contributed by atoms with Gasteiger partial charge >= 0.3 is 0 Å². The predicted octanol–water partition coefficient (Wildman–Crippen LogP) is 3.57. The number of carbonyl (C=O) groups excluding carboxylic acids is 1. The fourth-order valence-corrected chi connectivity index (χ4v) is 4.33. The molecule has 3 nitrogen and oxygen atoms in total. The number of thiazole rings is 1. The molecular weight excluding hydrogens is 288 g/mol. The minimum absolute atomic E-state index is 0.00673. The fourth-order valence-electron chi connectivity index (χ4n) is 2.20. The van der Waals surface area contributed by atoms with Crippen molar-refractivity contribution in [1.29, 1.82) is 0 Å². The molecule has 1 fully saturated rings. The van der Waals surface area contributed by atoms with Crippen molar-refractivity contribution < 1.29 is 4.79 Å². The number of aromatic nitrogens is 1. The third kappa shape index (κ3) is 3.22. The summed E-state index contributed by atoms with van der Waals surface area (Å²) >= 11 is 3.22. The number of benzene rings is 1. The Bertz CT molecular complexity index is 583. The summed E-state index contributed by atoms with van der Waals surface area (Å²) in [5.41, 5.74) is 2.12. The van der Waals surface area contributed by atoms with Crippen molar-refractivity contribution in [2.45, 2.75) is 28.9 Å². The van der Waals surface area contributed by atoms with E-state index in [2.05, 4.69) is 27.8 Å². The molecule has 1 aromatic heterocycles. The van der Waals surface area contributed by atoms with Gasteiger partial charge in [-0.3, -0.25) is 4.79 Å². The molecule has 1 saturated heterocycles. The maximum Gasteiger partial charge on any atom is 0.233 e. The van der Waals surface area contributed by atoms with E-state index in [9.17, 15) is 4.79 Å². The molecule has 0 radical (unpaired) electrons. The zero-order valence-corrected chi connectivity index (χ0v) is 12.7. The Kier molecular flexibility index (Phi) is 4.38. The lowest BCUT2D eigenvalue weighted by Crippen LogP contribution is -2.30. The SMILES string of the molecule is O=C1NCCCC[C@H]1Sc1nc(-c2ccccc2)cs1. The van der Waals surface area contributed by atoms with Crippen molar-refractivity contribution in [3.63, 3.8) is 0 Å². The fraction of sp³-hybridized carbons (Fsp3) is 0.333. The van der Waals surface area contributed by atoms with Gasteiger partial charge in [-0.05, 0) is 12.8 Å². The van der Waals surface area contributed by atoms with Crippen LogP contribution in [0.15, 0.2) is 40.1 Å². The number of nitrogens with one attached hydrogen (secondary N) is 1. The van der Waals surface area contributed by atoms with Crippen LogP contribution in [0.5, 0.6) is 0 Å². The third-order valence-corrected chi connectivity index (χ3v) is 5.52. The van der Waals surface area contributed by atoms with Gasteiger partial charge in [0.25, 0.3) is 0 Å². The molecule has 2 aromatic rings. The molecule has 1 N–H and O–H groups in total. The van der Waals surface area contributed by atoms with Crippen LogP contribution in [0.4, 0.5) is 0 Å². The monoisotopic (exact) mass is 304 g/mol. The molecule has 104 valence electrons. The first-order valence-corrected chi connectivity index (χ1v) is 8.54. The van der Waals surface area contributed by atoms with Crippen molar-refractivity contribution in [1.82, 2.24) is 10.3 Å². The molecule has 5 heteroatoms. The van der Waals surface area contributed by atoms with E-state index in [4.69, 9.17) is 0 Å². The summed E-state index contributed by atoms with van der Waals surface area (Å²) in [5, 5.41) is 5.04. The topological polar surface area (TPSA) is 42.0 Å². The Morgan fingerprint density at radius 2 is 2.10 bits per heavy atom. The number of carbonyl (C=O) groups is 1. The molecule has 1 amide bonds. The highest BCUT2D eigenvalue weighted by Gasteiger charge is 2.23. The average molecular weight is 304 g/mol. The van der Waals surface area contributed by atoms with Crippen LogP contribution >= 0.6 is 23.1 Å². The van der Waals surface area contributed by atoms with E-state index in [1.54, 1.807) is 23.1 Å². The van der Waals surface area contributed by atoms with Crippen LogP contribution in [-0.4, -0.2) is 22.7 Å². The van der Waals surface area contributed by atoms with E-state index < -0.39 is 0 Å². The van der Waals surface area contributed by atoms with Crippen LogP contribution in [0.3, 0.4) is 0 Å². The number of hydrogen-bond acceptors (Lipinski definition) is 4. The standard InChI is InChI=1S/C15H16N2OS2/c18-14-13(8-4-5-9-16-14)20-15-17-12(10-19-15)11-6-2-1-3-7-11/h1-3,6-7,10,13H,4-5,8-9H2,(H,16,18)/t13-/m1/s1. The third-order valence-electron chi connectivity index (χ3n) is 3.28. The van der Waals surface area contributed by atoms with E-state index in [0.717, 1.165) is 41.4 Å². The summed E-state index contributed by atoms with van der Waals surface area (Å²) in [5.74, 6) is 0.156. The highest BCUT2D eigenvalue weighted by atomic mass is 32.2. The van der Waals surface area contributed by atoms with E-state index in [1.807, 2.05) is 18.2 Å². The molecule has 0 bridgehead atoms. The van der Waals surface area contributed by atoms with Crippen molar-refractivity contribution in [3.05, 3.63) is 35.7 Å². The van der Waals surface area contributed by atoms with Crippen LogP contribution < -0.4 is 5.32 Å². The van der Waals surface area contributed by atoms with Crippen LogP contribution in [0, 0.1) is 0 Å². The van der Waals surface area contributed by atoms with Gasteiger partial charge in [0.1, 0.15) is 0 Å². The Morgan fingerprint density at radius 1 is 1.25 bits per heavy atom. The lowest BCUT2D eigenvalue weighted by atomic mass is 10.2. The van der Waals surface area contributed by atoms with Crippen molar-refractivity contribution in [3.8, 4) is 11.3 Å². The quantitative estimate of drug-likeness (QED) is 0.942. The largest absolute Gasteiger partial charge is 0.355 e. The molecule has 2 heterocycles. The summed E-state index contributed by atoms with van der Waals surface area (Å²) in [4.78, 5) is 16.6. The zero-order valence-electron chi connectivity index (χ0n) is 11.0. The van der Waals surface area contributed by atoms with Gasteiger partial charge in [0.15, 0.2) is 4.34 Å². The predicted molar refractivity (Wildman–Crippen MR) is 84.1 cm³/mol. The summed E-state index contributed by atoms with van der Waals surface area (Å²) in [6, 6.07) is 10.1. The summed E-state index contributed by atoms with van der Waals surface area (Å²) in [6.45, 7) is 0.809. The first-order chi connectivity index (χ1) is 9.83. The smallest absolute Gasteiger partial charge is 0.233 e. The van der Waals surface area contributed by atoms with Gasteiger partial charge in [-0.2, -0.15) is 0 Å². The van der Waals surface area contributed by atoms with Gasteiger partial charge in [0, 0.05) is 17.5 Å². The minimum Gasteiger partial charge on any atom is -0.355 e. The van der Waals surface area contributed by atoms with E-state index in [1.165, 1.54) is 0 Å². The van der Waals surface area contributed by atoms with Gasteiger partial charge in [-0.15, -0.1) is 11.3 Å². The molecule has 1 aliphatic rings. The molecular formula is C15H16N2OS2. The van der Waals surface area contributed by atoms with Crippen LogP contribution in [0.2, 0.25) is 0 Å². The lowest BCUT2D eigenvalue weighted by molar-refractivity contribution is -0.120. The van der Waals surface area contributed by atoms with E-state index in [-0.39, 0.29) is 11.2 Å². The van der Waals surface area contributed by atoms with Gasteiger partial charge in [-0.25, -0.2) is 4.98 Å². The van der Waals surface area contributed by atoms with Crippen molar-refractivity contribution in [2.75, 3.05) is 6.54 Å². The van der Waals surface area contributed by atoms with Crippen LogP contribution in [-0.2, 0) is 4.79 Å². The van der Waals surface area contributed by atoms with E-state index >= 15 is 0 Å². The molecule has 0 unspecified atom stereocenters. The zero-order chi connectivity index (χ0) is 13.8. The lowest BCUT2D eigenvalue weighted by Gasteiger charge is -2.09. The number of thioether (sulfide) groups is 1. The minimum atomic E-state index is 0.00673. The first kappa shape index (κ1) is 13.6. The van der Waals surface area contributed by atoms with E-state index in [0.29, 0.717) is 0 Å². The molecule has 3 rings (SSSR count). The second kappa shape index (κ2) is 6.41. The molecule has 1 aliphatic heterocycles. The van der Waals surface area contributed by atoms with Crippen molar-refractivity contribution >= 4 is 29.0 Å². The van der Waals surface area contributed by atoms with Gasteiger partial charge < -0.3 is 5.32 Å². The molecule has 1 aromatic carbocycles. The number of amides is 1. The highest BCUT2D eigenvalue weighted by Crippen LogP contribution is 2.33. The second-order valence-corrected chi connectivity index (χ2v) is 7.07. The maximum absolute atomic E-state index is 11.9. The molecule has 0 aliphatic carbocycles. The highest BCUT2D eigenvalue weighted by molar-refractivity contribution is 8.02. The second-order valence-electron chi connectivity index (χ2n) is 4.76. The number of nitrogens with zero attached hydrogens (tertiary/aromatic N) is 1. The Morgan fingerprint density at radius 3 is 2.95 bits per heavy atom. The first-order valence-electron chi connectivity index (χ1n) is 6.78. The summed E-state index contributed by atoms with van der Waals surface area (Å²) in [7, 11) is 0. The Labute approximate surface area is 126 Å². The average Bonchev–Trinajstić information content (AvgIpc) is 2.86. The summed E-state index contributed by atoms with van der Waals surface area (Å²) < 4.78 is 0.978. The number of rotatable bonds is 3. The van der Waals surface area contributed by atoms with Gasteiger partial charge in [0.05, 0.1) is 10.9 Å². The van der Waals surface area contributed by atoms with Crippen LogP contribution in [0.25, 0.3) is 11.3 Å².